The summed E-state index contributed by atoms with van der Waals surface area (Å²) in [5, 5.41) is 0. The van der Waals surface area contributed by atoms with E-state index in [2.05, 4.69) is 47.9 Å². The molecule has 0 aromatic heterocycles. The van der Waals surface area contributed by atoms with Crippen LogP contribution in [-0.4, -0.2) is 44.7 Å². The Morgan fingerprint density at radius 1 is 1.11 bits per heavy atom. The van der Waals surface area contributed by atoms with Crippen LogP contribution >= 0.6 is 12.4 Å². The van der Waals surface area contributed by atoms with Crippen molar-refractivity contribution in [1.29, 1.82) is 0 Å². The number of hydrogen-bond acceptors (Lipinski definition) is 3. The van der Waals surface area contributed by atoms with Crippen molar-refractivity contribution in [2.75, 3.05) is 44.7 Å². The van der Waals surface area contributed by atoms with Crippen molar-refractivity contribution < 1.29 is 4.74 Å². The number of benzene rings is 1. The van der Waals surface area contributed by atoms with Gasteiger partial charge in [0.25, 0.3) is 0 Å². The monoisotopic (exact) mass is 390 g/mol. The van der Waals surface area contributed by atoms with Gasteiger partial charge in [0.05, 0.1) is 7.11 Å². The van der Waals surface area contributed by atoms with E-state index in [-0.39, 0.29) is 12.4 Å². The Bertz CT molecular complexity index is 673. The van der Waals surface area contributed by atoms with Crippen LogP contribution in [0.4, 0.5) is 5.69 Å². The molecule has 27 heavy (non-hydrogen) atoms. The molecule has 0 unspecified atom stereocenters. The highest BCUT2D eigenvalue weighted by molar-refractivity contribution is 5.85. The van der Waals surface area contributed by atoms with Crippen molar-refractivity contribution in [3.63, 3.8) is 0 Å². The average Bonchev–Trinajstić information content (AvgIpc) is 3.46. The van der Waals surface area contributed by atoms with Crippen molar-refractivity contribution in [2.45, 2.75) is 46.0 Å². The van der Waals surface area contributed by atoms with Crippen LogP contribution in [0, 0.1) is 11.3 Å². The summed E-state index contributed by atoms with van der Waals surface area (Å²) in [6.45, 7) is 10.7. The first-order valence-electron chi connectivity index (χ1n) is 10.4. The maximum atomic E-state index is 5.55. The molecule has 0 radical (unpaired) electrons. The van der Waals surface area contributed by atoms with Crippen molar-refractivity contribution in [1.82, 2.24) is 4.90 Å². The molecule has 0 N–H and O–H groups in total. The Balaban J connectivity index is 0.00000210. The molecule has 1 saturated heterocycles. The zero-order chi connectivity index (χ0) is 18.1. The van der Waals surface area contributed by atoms with E-state index in [0.717, 1.165) is 24.8 Å². The number of halogens is 1. The molecule has 3 nitrogen and oxygen atoms in total. The number of rotatable bonds is 5. The Kier molecular flexibility index (Phi) is 6.43. The van der Waals surface area contributed by atoms with E-state index in [1.165, 1.54) is 68.6 Å². The minimum Gasteiger partial charge on any atom is -0.497 e. The van der Waals surface area contributed by atoms with E-state index >= 15 is 0 Å². The molecule has 0 amide bonds. The molecule has 0 atom stereocenters. The lowest BCUT2D eigenvalue weighted by atomic mass is 9.77. The van der Waals surface area contributed by atoms with Crippen LogP contribution in [0.25, 0.3) is 5.57 Å². The van der Waals surface area contributed by atoms with Gasteiger partial charge in [0.2, 0.25) is 0 Å². The molecular formula is C23H35ClN2O. The SMILES string of the molecule is COc1ccc(C2=CCC(C)(C)CC2)c(N2CCN(CC3CC3)CC2)c1.Cl. The van der Waals surface area contributed by atoms with Crippen LogP contribution in [0.15, 0.2) is 24.3 Å². The van der Waals surface area contributed by atoms with E-state index in [4.69, 9.17) is 4.74 Å². The smallest absolute Gasteiger partial charge is 0.120 e. The molecule has 4 heteroatoms. The van der Waals surface area contributed by atoms with Crippen molar-refractivity contribution >= 4 is 23.7 Å². The Morgan fingerprint density at radius 2 is 1.85 bits per heavy atom. The molecule has 3 aliphatic rings. The predicted octanol–water partition coefficient (Wildman–Crippen LogP) is 5.24. The molecule has 1 aromatic carbocycles. The van der Waals surface area contributed by atoms with Crippen LogP contribution in [0.3, 0.4) is 0 Å². The third-order valence-corrected chi connectivity index (χ3v) is 6.45. The average molecular weight is 391 g/mol. The van der Waals surface area contributed by atoms with Crippen LogP contribution in [0.1, 0.15) is 51.5 Å². The fraction of sp³-hybridized carbons (Fsp3) is 0.652. The molecule has 4 rings (SSSR count). The van der Waals surface area contributed by atoms with Gasteiger partial charge in [-0.15, -0.1) is 12.4 Å². The van der Waals surface area contributed by atoms with Gasteiger partial charge in [0, 0.05) is 50.0 Å². The number of piperazine rings is 1. The fourth-order valence-corrected chi connectivity index (χ4v) is 4.33. The van der Waals surface area contributed by atoms with Gasteiger partial charge in [-0.1, -0.05) is 19.9 Å². The Labute approximate surface area is 171 Å². The maximum absolute atomic E-state index is 5.55. The maximum Gasteiger partial charge on any atom is 0.120 e. The second-order valence-corrected chi connectivity index (χ2v) is 9.21. The summed E-state index contributed by atoms with van der Waals surface area (Å²) in [5.74, 6) is 1.96. The van der Waals surface area contributed by atoms with Gasteiger partial charge < -0.3 is 9.64 Å². The standard InChI is InChI=1S/C23H34N2O.ClH/c1-23(2)10-8-19(9-11-23)21-7-6-20(26-3)16-22(21)25-14-12-24(13-15-25)17-18-4-5-18;/h6-8,16,18H,4-5,9-15,17H2,1-3H3;1H. The minimum atomic E-state index is 0. The summed E-state index contributed by atoms with van der Waals surface area (Å²) in [7, 11) is 1.77. The molecule has 1 aromatic rings. The van der Waals surface area contributed by atoms with Gasteiger partial charge in [0.15, 0.2) is 0 Å². The molecule has 2 fully saturated rings. The quantitative estimate of drug-likeness (QED) is 0.683. The Hall–Kier alpha value is -1.19. The molecule has 0 spiro atoms. The summed E-state index contributed by atoms with van der Waals surface area (Å²) >= 11 is 0. The lowest BCUT2D eigenvalue weighted by molar-refractivity contribution is 0.248. The molecule has 1 saturated carbocycles. The van der Waals surface area contributed by atoms with E-state index < -0.39 is 0 Å². The zero-order valence-corrected chi connectivity index (χ0v) is 18.0. The van der Waals surface area contributed by atoms with Gasteiger partial charge in [-0.3, -0.25) is 4.90 Å². The van der Waals surface area contributed by atoms with E-state index in [0.29, 0.717) is 5.41 Å². The van der Waals surface area contributed by atoms with Crippen LogP contribution in [0.5, 0.6) is 5.75 Å². The minimum absolute atomic E-state index is 0. The number of nitrogens with zero attached hydrogens (tertiary/aromatic N) is 2. The normalized spacial score (nSPS) is 22.8. The summed E-state index contributed by atoms with van der Waals surface area (Å²) < 4.78 is 5.55. The summed E-state index contributed by atoms with van der Waals surface area (Å²) in [4.78, 5) is 5.25. The second kappa shape index (κ2) is 8.45. The number of allylic oxidation sites excluding steroid dienone is 2. The fourth-order valence-electron chi connectivity index (χ4n) is 4.33. The van der Waals surface area contributed by atoms with Crippen molar-refractivity contribution in [3.05, 3.63) is 29.8 Å². The number of methoxy groups -OCH3 is 1. The summed E-state index contributed by atoms with van der Waals surface area (Å²) in [6.07, 6.45) is 9.03. The van der Waals surface area contributed by atoms with E-state index in [1.807, 2.05) is 0 Å². The first-order valence-corrected chi connectivity index (χ1v) is 10.4. The largest absolute Gasteiger partial charge is 0.497 e. The highest BCUT2D eigenvalue weighted by Gasteiger charge is 2.28. The van der Waals surface area contributed by atoms with E-state index in [9.17, 15) is 0 Å². The van der Waals surface area contributed by atoms with Crippen LogP contribution in [0.2, 0.25) is 0 Å². The topological polar surface area (TPSA) is 15.7 Å². The van der Waals surface area contributed by atoms with Gasteiger partial charge >= 0.3 is 0 Å². The van der Waals surface area contributed by atoms with E-state index in [1.54, 1.807) is 7.11 Å². The summed E-state index contributed by atoms with van der Waals surface area (Å²) in [5.41, 5.74) is 4.78. The molecule has 0 bridgehead atoms. The van der Waals surface area contributed by atoms with Crippen molar-refractivity contribution in [2.24, 2.45) is 11.3 Å². The Morgan fingerprint density at radius 3 is 2.44 bits per heavy atom. The molecular weight excluding hydrogens is 356 g/mol. The second-order valence-electron chi connectivity index (χ2n) is 9.21. The highest BCUT2D eigenvalue weighted by Crippen LogP contribution is 2.41. The number of anilines is 1. The number of ether oxygens (including phenoxy) is 1. The van der Waals surface area contributed by atoms with Gasteiger partial charge in [-0.2, -0.15) is 0 Å². The third-order valence-electron chi connectivity index (χ3n) is 6.45. The van der Waals surface area contributed by atoms with Gasteiger partial charge in [-0.05, 0) is 61.1 Å². The molecule has 2 aliphatic carbocycles. The lowest BCUT2D eigenvalue weighted by Crippen LogP contribution is -2.47. The molecule has 1 heterocycles. The third kappa shape index (κ3) is 5.00. The van der Waals surface area contributed by atoms with Gasteiger partial charge in [-0.25, -0.2) is 0 Å². The van der Waals surface area contributed by atoms with Crippen LogP contribution in [-0.2, 0) is 0 Å². The van der Waals surface area contributed by atoms with Crippen molar-refractivity contribution in [3.8, 4) is 5.75 Å². The highest BCUT2D eigenvalue weighted by atomic mass is 35.5. The molecule has 1 aliphatic heterocycles. The van der Waals surface area contributed by atoms with Gasteiger partial charge in [0.1, 0.15) is 5.75 Å². The lowest BCUT2D eigenvalue weighted by Gasteiger charge is -2.38. The molecule has 150 valence electrons. The first-order chi connectivity index (χ1) is 12.5. The predicted molar refractivity (Wildman–Crippen MR) is 117 cm³/mol. The summed E-state index contributed by atoms with van der Waals surface area (Å²) in [6, 6.07) is 6.67. The first kappa shape index (κ1) is 20.5. The zero-order valence-electron chi connectivity index (χ0n) is 17.2. The van der Waals surface area contributed by atoms with Crippen LogP contribution < -0.4 is 9.64 Å². The number of hydrogen-bond donors (Lipinski definition) is 0.